The first-order chi connectivity index (χ1) is 13.3. The van der Waals surface area contributed by atoms with Gasteiger partial charge in [-0.1, -0.05) is 18.9 Å². The molecule has 0 spiro atoms. The fraction of sp³-hybridized carbons (Fsp3) is 0.476. The molecule has 1 amide bonds. The number of hydrogen-bond donors (Lipinski definition) is 2. The van der Waals surface area contributed by atoms with Gasteiger partial charge in [-0.15, -0.1) is 0 Å². The van der Waals surface area contributed by atoms with E-state index in [1.807, 2.05) is 38.1 Å². The summed E-state index contributed by atoms with van der Waals surface area (Å²) >= 11 is 0. The first-order valence-corrected chi connectivity index (χ1v) is 9.75. The number of rotatable bonds is 5. The van der Waals surface area contributed by atoms with Crippen molar-refractivity contribution in [3.05, 3.63) is 41.7 Å². The van der Waals surface area contributed by atoms with E-state index in [0.717, 1.165) is 31.4 Å². The smallest absolute Gasteiger partial charge is 0.341 e. The predicted octanol–water partition coefficient (Wildman–Crippen LogP) is 3.20. The molecule has 2 aromatic rings. The molecule has 3 rings (SSSR count). The molecule has 0 saturated heterocycles. The molecule has 7 nitrogen and oxygen atoms in total. The minimum atomic E-state index is -0.479. The van der Waals surface area contributed by atoms with Crippen LogP contribution in [0.4, 0.5) is 5.69 Å². The molecule has 1 aromatic carbocycles. The summed E-state index contributed by atoms with van der Waals surface area (Å²) in [5.41, 5.74) is 8.42. The molecule has 1 aliphatic carbocycles. The van der Waals surface area contributed by atoms with Gasteiger partial charge in [-0.3, -0.25) is 4.79 Å². The second kappa shape index (κ2) is 8.14. The Morgan fingerprint density at radius 2 is 2.18 bits per heavy atom. The molecule has 2 atom stereocenters. The van der Waals surface area contributed by atoms with E-state index in [2.05, 4.69) is 10.4 Å². The number of nitrogens with two attached hydrogens (primary N) is 1. The first-order valence-electron chi connectivity index (χ1n) is 9.75. The molecule has 2 unspecified atom stereocenters. The maximum absolute atomic E-state index is 12.8. The number of carbonyl (C=O) groups is 2. The Morgan fingerprint density at radius 1 is 1.39 bits per heavy atom. The summed E-state index contributed by atoms with van der Waals surface area (Å²) in [6.45, 7) is 5.85. The minimum absolute atomic E-state index is 0.0498. The van der Waals surface area contributed by atoms with Crippen LogP contribution in [-0.4, -0.2) is 33.8 Å². The van der Waals surface area contributed by atoms with E-state index in [0.29, 0.717) is 23.6 Å². The van der Waals surface area contributed by atoms with Crippen LogP contribution >= 0.6 is 0 Å². The van der Waals surface area contributed by atoms with Crippen molar-refractivity contribution in [1.82, 2.24) is 9.78 Å². The monoisotopic (exact) mass is 384 g/mol. The summed E-state index contributed by atoms with van der Waals surface area (Å²) in [5, 5.41) is 7.30. The van der Waals surface area contributed by atoms with Gasteiger partial charge in [0.05, 0.1) is 30.1 Å². The van der Waals surface area contributed by atoms with Crippen LogP contribution in [0.3, 0.4) is 0 Å². The van der Waals surface area contributed by atoms with Gasteiger partial charge < -0.3 is 15.8 Å². The van der Waals surface area contributed by atoms with Crippen molar-refractivity contribution in [3.8, 4) is 5.69 Å². The molecule has 1 saturated carbocycles. The number of ether oxygens (including phenoxy) is 1. The van der Waals surface area contributed by atoms with Gasteiger partial charge in [0, 0.05) is 11.2 Å². The molecule has 1 aliphatic rings. The highest BCUT2D eigenvalue weighted by molar-refractivity contribution is 5.94. The lowest BCUT2D eigenvalue weighted by Gasteiger charge is -2.37. The van der Waals surface area contributed by atoms with Crippen molar-refractivity contribution in [2.75, 3.05) is 11.9 Å². The van der Waals surface area contributed by atoms with Crippen LogP contribution in [0, 0.1) is 12.8 Å². The highest BCUT2D eigenvalue weighted by Gasteiger charge is 2.37. The maximum Gasteiger partial charge on any atom is 0.341 e. The Kier molecular flexibility index (Phi) is 5.84. The topological polar surface area (TPSA) is 99.2 Å². The minimum Gasteiger partial charge on any atom is -0.462 e. The number of anilines is 1. The van der Waals surface area contributed by atoms with Crippen LogP contribution in [0.2, 0.25) is 0 Å². The van der Waals surface area contributed by atoms with E-state index >= 15 is 0 Å². The van der Waals surface area contributed by atoms with Gasteiger partial charge in [0.15, 0.2) is 0 Å². The quantitative estimate of drug-likeness (QED) is 0.771. The molecule has 1 aromatic heterocycles. The zero-order chi connectivity index (χ0) is 20.3. The van der Waals surface area contributed by atoms with Gasteiger partial charge in [-0.05, 0) is 51.8 Å². The van der Waals surface area contributed by atoms with Gasteiger partial charge in [-0.25, -0.2) is 9.48 Å². The summed E-state index contributed by atoms with van der Waals surface area (Å²) in [5.74, 6) is -0.645. The second-order valence-corrected chi connectivity index (χ2v) is 7.62. The fourth-order valence-corrected chi connectivity index (χ4v) is 3.81. The Bertz CT molecular complexity index is 872. The van der Waals surface area contributed by atoms with Crippen molar-refractivity contribution in [1.29, 1.82) is 0 Å². The van der Waals surface area contributed by atoms with Gasteiger partial charge in [0.1, 0.15) is 5.56 Å². The van der Waals surface area contributed by atoms with Gasteiger partial charge >= 0.3 is 5.97 Å². The number of esters is 1. The Labute approximate surface area is 165 Å². The van der Waals surface area contributed by atoms with Gasteiger partial charge in [0.25, 0.3) is 0 Å². The van der Waals surface area contributed by atoms with Crippen molar-refractivity contribution in [3.63, 3.8) is 0 Å². The molecule has 0 radical (unpaired) electrons. The second-order valence-electron chi connectivity index (χ2n) is 7.62. The lowest BCUT2D eigenvalue weighted by Crippen LogP contribution is -2.51. The SMILES string of the molecule is CCOC(=O)c1cnn(-c2cccc(NC(=O)C3CCCCC3(C)N)c2)c1C. The average Bonchev–Trinajstić information content (AvgIpc) is 3.03. The third-order valence-corrected chi connectivity index (χ3v) is 5.43. The first kappa shape index (κ1) is 20.1. The molecule has 1 fully saturated rings. The molecule has 7 heteroatoms. The number of amides is 1. The lowest BCUT2D eigenvalue weighted by molar-refractivity contribution is -0.122. The number of nitrogens with zero attached hydrogens (tertiary/aromatic N) is 2. The summed E-state index contributed by atoms with van der Waals surface area (Å²) in [4.78, 5) is 24.8. The maximum atomic E-state index is 12.8. The van der Waals surface area contributed by atoms with E-state index in [4.69, 9.17) is 10.5 Å². The molecule has 1 heterocycles. The zero-order valence-corrected chi connectivity index (χ0v) is 16.7. The Morgan fingerprint density at radius 3 is 2.89 bits per heavy atom. The van der Waals surface area contributed by atoms with E-state index in [9.17, 15) is 9.59 Å². The number of hydrogen-bond acceptors (Lipinski definition) is 5. The van der Waals surface area contributed by atoms with E-state index < -0.39 is 11.5 Å². The molecular weight excluding hydrogens is 356 g/mol. The third-order valence-electron chi connectivity index (χ3n) is 5.43. The summed E-state index contributed by atoms with van der Waals surface area (Å²) in [7, 11) is 0. The summed E-state index contributed by atoms with van der Waals surface area (Å²) in [6, 6.07) is 7.39. The highest BCUT2D eigenvalue weighted by Crippen LogP contribution is 2.32. The van der Waals surface area contributed by atoms with Crippen LogP contribution in [0.15, 0.2) is 30.5 Å². The molecular formula is C21H28N4O3. The van der Waals surface area contributed by atoms with Gasteiger partial charge in [-0.2, -0.15) is 5.10 Å². The van der Waals surface area contributed by atoms with Gasteiger partial charge in [0.2, 0.25) is 5.91 Å². The van der Waals surface area contributed by atoms with Crippen LogP contribution in [-0.2, 0) is 9.53 Å². The number of carbonyl (C=O) groups excluding carboxylic acids is 2. The number of aromatic nitrogens is 2. The molecule has 150 valence electrons. The third kappa shape index (κ3) is 4.09. The van der Waals surface area contributed by atoms with Crippen molar-refractivity contribution in [2.24, 2.45) is 11.7 Å². The molecule has 0 aliphatic heterocycles. The average molecular weight is 384 g/mol. The van der Waals surface area contributed by atoms with Crippen LogP contribution in [0.25, 0.3) is 5.69 Å². The normalized spacial score (nSPS) is 21.9. The van der Waals surface area contributed by atoms with E-state index in [1.165, 1.54) is 6.20 Å². The number of benzene rings is 1. The van der Waals surface area contributed by atoms with E-state index in [-0.39, 0.29) is 11.8 Å². The molecule has 3 N–H and O–H groups in total. The standard InChI is InChI=1S/C21H28N4O3/c1-4-28-20(27)17-13-23-25(14(17)2)16-9-7-8-15(12-16)24-19(26)18-10-5-6-11-21(18,3)22/h7-9,12-13,18H,4-6,10-11,22H2,1-3H3,(H,24,26). The van der Waals surface area contributed by atoms with Crippen molar-refractivity contribution in [2.45, 2.75) is 52.0 Å². The van der Waals surface area contributed by atoms with E-state index in [1.54, 1.807) is 11.6 Å². The number of nitrogens with one attached hydrogen (secondary N) is 1. The van der Waals surface area contributed by atoms with Crippen molar-refractivity contribution >= 4 is 17.6 Å². The van der Waals surface area contributed by atoms with Crippen LogP contribution < -0.4 is 11.1 Å². The molecule has 0 bridgehead atoms. The Hall–Kier alpha value is -2.67. The molecule has 28 heavy (non-hydrogen) atoms. The van der Waals surface area contributed by atoms with Crippen LogP contribution in [0.1, 0.15) is 55.6 Å². The summed E-state index contributed by atoms with van der Waals surface area (Å²) in [6.07, 6.45) is 5.25. The van der Waals surface area contributed by atoms with Crippen LogP contribution in [0.5, 0.6) is 0 Å². The highest BCUT2D eigenvalue weighted by atomic mass is 16.5. The lowest BCUT2D eigenvalue weighted by atomic mass is 9.74. The summed E-state index contributed by atoms with van der Waals surface area (Å²) < 4.78 is 6.72. The Balaban J connectivity index is 1.80. The predicted molar refractivity (Wildman–Crippen MR) is 107 cm³/mol. The zero-order valence-electron chi connectivity index (χ0n) is 16.7. The largest absolute Gasteiger partial charge is 0.462 e. The van der Waals surface area contributed by atoms with Crippen molar-refractivity contribution < 1.29 is 14.3 Å². The fourth-order valence-electron chi connectivity index (χ4n) is 3.81.